The van der Waals surface area contributed by atoms with Gasteiger partial charge in [-0.25, -0.2) is 0 Å². The van der Waals surface area contributed by atoms with E-state index in [9.17, 15) is 4.79 Å². The van der Waals surface area contributed by atoms with Gasteiger partial charge in [0.05, 0.1) is 21.7 Å². The Labute approximate surface area is 147 Å². The summed E-state index contributed by atoms with van der Waals surface area (Å²) in [5, 5.41) is 0.669. The van der Waals surface area contributed by atoms with Crippen LogP contribution in [0.15, 0.2) is 52.4 Å². The monoisotopic (exact) mass is 362 g/mol. The lowest BCUT2D eigenvalue weighted by molar-refractivity contribution is -0.117. The maximum atomic E-state index is 12.2. The number of hydrogen-bond acceptors (Lipinski definition) is 3. The summed E-state index contributed by atoms with van der Waals surface area (Å²) in [5.74, 6) is -0.153. The van der Waals surface area contributed by atoms with Crippen LogP contribution >= 0.6 is 34.7 Å². The lowest BCUT2D eigenvalue weighted by atomic mass is 10.1. The van der Waals surface area contributed by atoms with Crippen molar-refractivity contribution in [3.8, 4) is 0 Å². The van der Waals surface area contributed by atoms with E-state index in [1.165, 1.54) is 16.2 Å². The Morgan fingerprint density at radius 2 is 2.00 bits per heavy atom. The number of nitrogens with zero attached hydrogens (tertiary/aromatic N) is 2. The molecular formula is C17H15ClN2OS2. The second kappa shape index (κ2) is 6.91. The first-order chi connectivity index (χ1) is 11.1. The van der Waals surface area contributed by atoms with Gasteiger partial charge in [0.25, 0.3) is 5.91 Å². The van der Waals surface area contributed by atoms with E-state index >= 15 is 0 Å². The van der Waals surface area contributed by atoms with E-state index in [2.05, 4.69) is 4.99 Å². The summed E-state index contributed by atoms with van der Waals surface area (Å²) < 4.78 is 2.90. The molecule has 3 rings (SSSR count). The van der Waals surface area contributed by atoms with E-state index in [4.69, 9.17) is 11.6 Å². The zero-order chi connectivity index (χ0) is 16.4. The molecular weight excluding hydrogens is 348 g/mol. The van der Waals surface area contributed by atoms with Gasteiger partial charge < -0.3 is 4.57 Å². The zero-order valence-electron chi connectivity index (χ0n) is 12.7. The number of amides is 1. The number of halogens is 1. The van der Waals surface area contributed by atoms with Gasteiger partial charge in [-0.1, -0.05) is 41.1 Å². The third-order valence-corrected chi connectivity index (χ3v) is 5.65. The molecule has 3 nitrogen and oxygen atoms in total. The number of aromatic nitrogens is 1. The van der Waals surface area contributed by atoms with Gasteiger partial charge in [-0.05, 0) is 36.1 Å². The molecule has 1 aromatic heterocycles. The summed E-state index contributed by atoms with van der Waals surface area (Å²) in [6.07, 6.45) is 2.33. The number of hydrogen-bond donors (Lipinski definition) is 0. The number of para-hydroxylation sites is 1. The predicted octanol–water partition coefficient (Wildman–Crippen LogP) is 4.29. The largest absolute Gasteiger partial charge is 0.318 e. The summed E-state index contributed by atoms with van der Waals surface area (Å²) in [4.78, 5) is 18.3. The molecule has 2 aromatic carbocycles. The van der Waals surface area contributed by atoms with E-state index in [-0.39, 0.29) is 5.91 Å². The Balaban J connectivity index is 1.90. The fourth-order valence-electron chi connectivity index (χ4n) is 2.33. The Morgan fingerprint density at radius 1 is 1.26 bits per heavy atom. The molecule has 0 N–H and O–H groups in total. The molecule has 23 heavy (non-hydrogen) atoms. The number of aryl methyl sites for hydroxylation is 1. The molecule has 0 spiro atoms. The van der Waals surface area contributed by atoms with Gasteiger partial charge in [-0.3, -0.25) is 4.79 Å². The quantitative estimate of drug-likeness (QED) is 0.651. The van der Waals surface area contributed by atoms with Gasteiger partial charge in [0, 0.05) is 11.9 Å². The van der Waals surface area contributed by atoms with E-state index in [1.807, 2.05) is 60.3 Å². The third-order valence-electron chi connectivity index (χ3n) is 3.51. The third kappa shape index (κ3) is 3.52. The van der Waals surface area contributed by atoms with Crippen molar-refractivity contribution in [2.75, 3.05) is 6.26 Å². The van der Waals surface area contributed by atoms with Crippen LogP contribution in [0.4, 0.5) is 0 Å². The molecule has 118 valence electrons. The predicted molar refractivity (Wildman–Crippen MR) is 98.3 cm³/mol. The topological polar surface area (TPSA) is 34.4 Å². The zero-order valence-corrected chi connectivity index (χ0v) is 15.1. The van der Waals surface area contributed by atoms with Crippen LogP contribution < -0.4 is 4.80 Å². The van der Waals surface area contributed by atoms with Crippen molar-refractivity contribution in [3.63, 3.8) is 0 Å². The molecule has 0 aliphatic rings. The molecule has 0 aliphatic carbocycles. The molecule has 0 fully saturated rings. The number of carbonyl (C=O) groups excluding carboxylic acids is 1. The molecule has 3 aromatic rings. The highest BCUT2D eigenvalue weighted by Gasteiger charge is 2.08. The highest BCUT2D eigenvalue weighted by molar-refractivity contribution is 7.98. The highest BCUT2D eigenvalue weighted by Crippen LogP contribution is 2.24. The molecule has 6 heteroatoms. The van der Waals surface area contributed by atoms with Crippen molar-refractivity contribution in [2.45, 2.75) is 11.3 Å². The van der Waals surface area contributed by atoms with Crippen molar-refractivity contribution in [2.24, 2.45) is 12.0 Å². The molecule has 1 amide bonds. The van der Waals surface area contributed by atoms with Crippen LogP contribution in [0.1, 0.15) is 5.56 Å². The van der Waals surface area contributed by atoms with Crippen molar-refractivity contribution in [1.29, 1.82) is 0 Å². The standard InChI is InChI=1S/C17H15ClN2OS2/c1-20-16-13(18)4-3-5-14(16)23-17(20)19-15(21)10-11-6-8-12(22-2)9-7-11/h3-9H,10H2,1-2H3. The van der Waals surface area contributed by atoms with Crippen molar-refractivity contribution < 1.29 is 4.79 Å². The molecule has 0 saturated carbocycles. The number of fused-ring (bicyclic) bond motifs is 1. The van der Waals surface area contributed by atoms with Crippen molar-refractivity contribution in [3.05, 3.63) is 57.9 Å². The van der Waals surface area contributed by atoms with Crippen LogP contribution in [-0.4, -0.2) is 16.7 Å². The maximum Gasteiger partial charge on any atom is 0.252 e. The number of benzene rings is 2. The number of carbonyl (C=O) groups is 1. The van der Waals surface area contributed by atoms with E-state index in [1.54, 1.807) is 11.8 Å². The Kier molecular flexibility index (Phi) is 4.90. The van der Waals surface area contributed by atoms with E-state index in [0.29, 0.717) is 16.2 Å². The summed E-state index contributed by atoms with van der Waals surface area (Å²) >= 11 is 9.38. The average molecular weight is 363 g/mol. The smallest absolute Gasteiger partial charge is 0.252 e. The lowest BCUT2D eigenvalue weighted by Crippen LogP contribution is -2.14. The number of thiazole rings is 1. The summed E-state index contributed by atoms with van der Waals surface area (Å²) in [5.41, 5.74) is 1.88. The molecule has 0 saturated heterocycles. The van der Waals surface area contributed by atoms with Gasteiger partial charge in [0.15, 0.2) is 4.80 Å². The summed E-state index contributed by atoms with van der Waals surface area (Å²) in [6, 6.07) is 13.7. The first-order valence-electron chi connectivity index (χ1n) is 7.03. The van der Waals surface area contributed by atoms with E-state index in [0.717, 1.165) is 15.8 Å². The Morgan fingerprint density at radius 3 is 2.65 bits per heavy atom. The maximum absolute atomic E-state index is 12.2. The molecule has 0 radical (unpaired) electrons. The van der Waals surface area contributed by atoms with Crippen LogP contribution in [0.25, 0.3) is 10.2 Å². The average Bonchev–Trinajstić information content (AvgIpc) is 2.85. The lowest BCUT2D eigenvalue weighted by Gasteiger charge is -2.00. The first kappa shape index (κ1) is 16.3. The van der Waals surface area contributed by atoms with Crippen LogP contribution in [-0.2, 0) is 18.3 Å². The van der Waals surface area contributed by atoms with Crippen molar-refractivity contribution in [1.82, 2.24) is 4.57 Å². The normalized spacial score (nSPS) is 12.0. The van der Waals surface area contributed by atoms with Gasteiger partial charge in [0.1, 0.15) is 0 Å². The molecule has 1 heterocycles. The van der Waals surface area contributed by atoms with Gasteiger partial charge in [-0.15, -0.1) is 11.8 Å². The van der Waals surface area contributed by atoms with Crippen LogP contribution in [0.3, 0.4) is 0 Å². The highest BCUT2D eigenvalue weighted by atomic mass is 35.5. The minimum Gasteiger partial charge on any atom is -0.318 e. The van der Waals surface area contributed by atoms with E-state index < -0.39 is 0 Å². The second-order valence-electron chi connectivity index (χ2n) is 5.06. The fourth-order valence-corrected chi connectivity index (χ4v) is 4.16. The number of rotatable bonds is 3. The van der Waals surface area contributed by atoms with Crippen molar-refractivity contribution >= 4 is 50.8 Å². The molecule has 0 atom stereocenters. The second-order valence-corrected chi connectivity index (χ2v) is 7.36. The molecule has 0 bridgehead atoms. The summed E-state index contributed by atoms with van der Waals surface area (Å²) in [7, 11) is 1.88. The van der Waals surface area contributed by atoms with Gasteiger partial charge in [-0.2, -0.15) is 4.99 Å². The van der Waals surface area contributed by atoms with Crippen LogP contribution in [0.5, 0.6) is 0 Å². The minimum absolute atomic E-state index is 0.153. The summed E-state index contributed by atoms with van der Waals surface area (Å²) in [6.45, 7) is 0. The Bertz CT molecular complexity index is 926. The van der Waals surface area contributed by atoms with Gasteiger partial charge >= 0.3 is 0 Å². The van der Waals surface area contributed by atoms with Gasteiger partial charge in [0.2, 0.25) is 0 Å². The Hall–Kier alpha value is -1.56. The SMILES string of the molecule is CSc1ccc(CC(=O)N=c2sc3cccc(Cl)c3n2C)cc1. The van der Waals surface area contributed by atoms with Crippen LogP contribution in [0.2, 0.25) is 5.02 Å². The molecule has 0 unspecified atom stereocenters. The molecule has 0 aliphatic heterocycles. The first-order valence-corrected chi connectivity index (χ1v) is 9.45. The number of thioether (sulfide) groups is 1. The van der Waals surface area contributed by atoms with Crippen LogP contribution in [0, 0.1) is 0 Å². The fraction of sp³-hybridized carbons (Fsp3) is 0.176. The minimum atomic E-state index is -0.153.